The van der Waals surface area contributed by atoms with E-state index in [-0.39, 0.29) is 16.9 Å². The van der Waals surface area contributed by atoms with Gasteiger partial charge in [-0.05, 0) is 31.6 Å². The number of carboxylic acid groups (broad SMARTS) is 1. The third-order valence-corrected chi connectivity index (χ3v) is 9.03. The fourth-order valence-corrected chi connectivity index (χ4v) is 6.94. The van der Waals surface area contributed by atoms with Gasteiger partial charge in [0.1, 0.15) is 41.2 Å². The lowest BCUT2D eigenvalue weighted by Crippen LogP contribution is -2.70. The Kier molecular flexibility index (Phi) is 7.61. The number of aliphatic hydroxyl groups is 7. The number of fused-ring (bicyclic) bond motifs is 3. The van der Waals surface area contributed by atoms with Crippen molar-refractivity contribution in [3.8, 4) is 5.75 Å². The van der Waals surface area contributed by atoms with Gasteiger partial charge in [-0.15, -0.1) is 0 Å². The SMILES string of the molecule is C[C@H]1c2cccc(OC3OC(C(=O)O)C(O)C(O)C3O)c2C(O)=C2C(=O)[C@]3(O)C(O)=C(C(N)=O)C(=O)[C@@H](N(C)C)[C@@H]3[C@@H](O)[C@@H]21. The number of ketones is 2. The molecule has 238 valence electrons. The van der Waals surface area contributed by atoms with E-state index in [4.69, 9.17) is 15.2 Å². The second kappa shape index (κ2) is 10.6. The molecule has 2 fully saturated rings. The molecular weight excluding hydrogens is 588 g/mol. The van der Waals surface area contributed by atoms with E-state index >= 15 is 0 Å². The summed E-state index contributed by atoms with van der Waals surface area (Å²) in [4.78, 5) is 52.4. The highest BCUT2D eigenvalue weighted by Crippen LogP contribution is 2.56. The van der Waals surface area contributed by atoms with Crippen LogP contribution in [-0.2, 0) is 23.9 Å². The van der Waals surface area contributed by atoms with E-state index in [1.54, 1.807) is 6.92 Å². The lowest BCUT2D eigenvalue weighted by Gasteiger charge is -2.53. The Labute approximate surface area is 248 Å². The first-order valence-corrected chi connectivity index (χ1v) is 13.5. The first-order chi connectivity index (χ1) is 20.5. The number of rotatable bonds is 5. The number of likely N-dealkylation sites (N-methyl/N-ethyl adjacent to an activating group) is 1. The Morgan fingerprint density at radius 1 is 1.02 bits per heavy atom. The molecule has 5 rings (SSSR count). The molecule has 5 unspecified atom stereocenters. The summed E-state index contributed by atoms with van der Waals surface area (Å²) >= 11 is 0. The molecule has 1 saturated carbocycles. The zero-order valence-electron chi connectivity index (χ0n) is 23.6. The summed E-state index contributed by atoms with van der Waals surface area (Å²) in [7, 11) is 2.81. The number of hydrogen-bond donors (Lipinski definition) is 9. The molecule has 0 bridgehead atoms. The first-order valence-electron chi connectivity index (χ1n) is 13.5. The average molecular weight is 621 g/mol. The molecule has 0 radical (unpaired) electrons. The Bertz CT molecular complexity index is 1520. The first kappa shape index (κ1) is 31.5. The molecule has 4 aliphatic rings. The van der Waals surface area contributed by atoms with Gasteiger partial charge in [0.15, 0.2) is 17.5 Å². The van der Waals surface area contributed by atoms with Gasteiger partial charge in [0.25, 0.3) is 5.91 Å². The number of carbonyl (C=O) groups is 4. The van der Waals surface area contributed by atoms with Crippen molar-refractivity contribution in [2.45, 2.75) is 61.3 Å². The van der Waals surface area contributed by atoms with Gasteiger partial charge in [-0.3, -0.25) is 19.3 Å². The molecule has 1 aromatic rings. The van der Waals surface area contributed by atoms with Crippen LogP contribution in [0.25, 0.3) is 5.76 Å². The normalized spacial score (nSPS) is 38.7. The van der Waals surface area contributed by atoms with Crippen LogP contribution >= 0.6 is 0 Å². The molecule has 16 nitrogen and oxygen atoms in total. The maximum Gasteiger partial charge on any atom is 0.335 e. The lowest BCUT2D eigenvalue weighted by molar-refractivity contribution is -0.271. The van der Waals surface area contributed by atoms with Gasteiger partial charge in [-0.2, -0.15) is 0 Å². The minimum atomic E-state index is -3.07. The van der Waals surface area contributed by atoms with Crippen LogP contribution in [-0.4, -0.2) is 132 Å². The minimum Gasteiger partial charge on any atom is -0.508 e. The highest BCUT2D eigenvalue weighted by molar-refractivity contribution is 6.24. The Hall–Kier alpha value is -3.90. The summed E-state index contributed by atoms with van der Waals surface area (Å²) in [5.41, 5.74) is 0.739. The molecule has 1 heterocycles. The number of aliphatic carboxylic acids is 1. The highest BCUT2D eigenvalue weighted by atomic mass is 16.7. The van der Waals surface area contributed by atoms with Crippen LogP contribution < -0.4 is 10.5 Å². The van der Waals surface area contributed by atoms with Crippen LogP contribution in [0.3, 0.4) is 0 Å². The molecule has 10 N–H and O–H groups in total. The summed E-state index contributed by atoms with van der Waals surface area (Å²) < 4.78 is 10.9. The average Bonchev–Trinajstić information content (AvgIpc) is 2.94. The Morgan fingerprint density at radius 3 is 2.23 bits per heavy atom. The number of benzene rings is 1. The number of ether oxygens (including phenoxy) is 2. The summed E-state index contributed by atoms with van der Waals surface area (Å²) in [5.74, 6) is -11.7. The van der Waals surface area contributed by atoms with Crippen molar-refractivity contribution >= 4 is 29.2 Å². The van der Waals surface area contributed by atoms with E-state index in [0.717, 1.165) is 0 Å². The van der Waals surface area contributed by atoms with Crippen LogP contribution in [0.5, 0.6) is 5.75 Å². The van der Waals surface area contributed by atoms with Crippen LogP contribution in [0.15, 0.2) is 35.1 Å². The van der Waals surface area contributed by atoms with Crippen molar-refractivity contribution < 1.29 is 69.5 Å². The lowest BCUT2D eigenvalue weighted by atomic mass is 9.54. The zero-order valence-corrected chi connectivity index (χ0v) is 23.6. The van der Waals surface area contributed by atoms with Crippen molar-refractivity contribution in [1.82, 2.24) is 4.90 Å². The van der Waals surface area contributed by atoms with Gasteiger partial charge < -0.3 is 56.1 Å². The van der Waals surface area contributed by atoms with Gasteiger partial charge in [0, 0.05) is 11.5 Å². The fourth-order valence-electron chi connectivity index (χ4n) is 6.94. The minimum absolute atomic E-state index is 0.188. The molecule has 16 heteroatoms. The predicted molar refractivity (Wildman–Crippen MR) is 144 cm³/mol. The summed E-state index contributed by atoms with van der Waals surface area (Å²) in [6, 6.07) is 2.74. The number of carbonyl (C=O) groups excluding carboxylic acids is 3. The number of Topliss-reactive ketones (excluding diaryl/α,β-unsaturated/α-hetero) is 2. The number of nitrogens with two attached hydrogens (primary N) is 1. The van der Waals surface area contributed by atoms with Crippen LogP contribution in [0.2, 0.25) is 0 Å². The third kappa shape index (κ3) is 4.17. The van der Waals surface area contributed by atoms with Gasteiger partial charge in [-0.1, -0.05) is 19.1 Å². The molecule has 3 aliphatic carbocycles. The number of carboxylic acids is 1. The van der Waals surface area contributed by atoms with Crippen molar-refractivity contribution in [3.05, 3.63) is 46.2 Å². The fraction of sp³-hybridized carbons (Fsp3) is 0.500. The number of amides is 1. The van der Waals surface area contributed by atoms with E-state index in [1.165, 1.54) is 37.2 Å². The van der Waals surface area contributed by atoms with Gasteiger partial charge in [0.2, 0.25) is 12.1 Å². The number of hydrogen-bond acceptors (Lipinski definition) is 14. The Morgan fingerprint density at radius 2 is 1.66 bits per heavy atom. The van der Waals surface area contributed by atoms with Crippen LogP contribution in [0, 0.1) is 11.8 Å². The highest BCUT2D eigenvalue weighted by Gasteiger charge is 2.68. The zero-order chi connectivity index (χ0) is 32.7. The quantitative estimate of drug-likeness (QED) is 0.149. The van der Waals surface area contributed by atoms with Gasteiger partial charge in [-0.25, -0.2) is 4.79 Å². The Balaban J connectivity index is 1.67. The van der Waals surface area contributed by atoms with Crippen molar-refractivity contribution in [1.29, 1.82) is 0 Å². The van der Waals surface area contributed by atoms with Crippen molar-refractivity contribution in [3.63, 3.8) is 0 Å². The molecule has 1 saturated heterocycles. The molecule has 0 aromatic heterocycles. The van der Waals surface area contributed by atoms with E-state index in [1.807, 2.05) is 0 Å². The molecular formula is C28H32N2O14. The maximum absolute atomic E-state index is 14.1. The summed E-state index contributed by atoms with van der Waals surface area (Å²) in [5, 5.41) is 86.1. The molecule has 44 heavy (non-hydrogen) atoms. The number of nitrogens with zero attached hydrogens (tertiary/aromatic N) is 1. The van der Waals surface area contributed by atoms with Crippen molar-refractivity contribution in [2.75, 3.05) is 14.1 Å². The largest absolute Gasteiger partial charge is 0.508 e. The van der Waals surface area contributed by atoms with Gasteiger partial charge >= 0.3 is 5.97 Å². The molecule has 0 spiro atoms. The molecule has 11 atom stereocenters. The maximum atomic E-state index is 14.1. The smallest absolute Gasteiger partial charge is 0.335 e. The van der Waals surface area contributed by atoms with Crippen LogP contribution in [0.4, 0.5) is 0 Å². The second-order valence-corrected chi connectivity index (χ2v) is 11.6. The molecule has 1 aliphatic heterocycles. The summed E-state index contributed by atoms with van der Waals surface area (Å²) in [6.07, 6.45) is -11.6. The van der Waals surface area contributed by atoms with E-state index in [9.17, 15) is 60.0 Å². The van der Waals surface area contributed by atoms with E-state index < -0.39 is 112 Å². The van der Waals surface area contributed by atoms with Gasteiger partial charge in [0.05, 0.1) is 23.6 Å². The summed E-state index contributed by atoms with van der Waals surface area (Å²) in [6.45, 7) is 1.58. The number of primary amides is 1. The monoisotopic (exact) mass is 620 g/mol. The second-order valence-electron chi connectivity index (χ2n) is 11.6. The molecule has 1 amide bonds. The predicted octanol–water partition coefficient (Wildman–Crippen LogP) is -2.94. The van der Waals surface area contributed by atoms with Crippen molar-refractivity contribution in [2.24, 2.45) is 17.6 Å². The third-order valence-electron chi connectivity index (χ3n) is 9.03. The number of aliphatic hydroxyl groups excluding tert-OH is 6. The topological polar surface area (TPSA) is 278 Å². The molecule has 1 aromatic carbocycles. The van der Waals surface area contributed by atoms with Crippen LogP contribution in [0.1, 0.15) is 24.0 Å². The van der Waals surface area contributed by atoms with E-state index in [0.29, 0.717) is 0 Å². The standard InChI is InChI=1S/C28H32N2O14/c1-7-8-5-4-6-9(43-27-21(36)19(34)20(35)22(44-27)26(40)41)11(8)16(31)12-10(7)17(32)14-15(30(2)3)18(33)13(25(29)39)24(38)28(14,42)23(12)37/h4-7,10,14-15,17,19-22,27,31-32,34-36,38,42H,1-3H3,(H2,29,39)(H,40,41)/t7-,10+,14+,15-,17-,19?,20?,21?,22?,27?,28-/m0/s1. The van der Waals surface area contributed by atoms with E-state index in [2.05, 4.69) is 0 Å².